The second-order valence-corrected chi connectivity index (χ2v) is 5.59. The van der Waals surface area contributed by atoms with Crippen molar-refractivity contribution in [3.8, 4) is 5.75 Å². The third-order valence-corrected chi connectivity index (χ3v) is 3.85. The number of anilines is 1. The maximum absolute atomic E-state index is 12.2. The second-order valence-electron chi connectivity index (χ2n) is 5.59. The first kappa shape index (κ1) is 16.6. The first-order valence-corrected chi connectivity index (χ1v) is 7.79. The lowest BCUT2D eigenvalue weighted by molar-refractivity contribution is 0.102. The van der Waals surface area contributed by atoms with Crippen LogP contribution in [0, 0.1) is 6.92 Å². The van der Waals surface area contributed by atoms with Crippen LogP contribution in [0.1, 0.15) is 21.6 Å². The van der Waals surface area contributed by atoms with Crippen molar-refractivity contribution in [2.45, 2.75) is 13.5 Å². The van der Waals surface area contributed by atoms with Gasteiger partial charge in [0.15, 0.2) is 0 Å². The third kappa shape index (κ3) is 3.80. The van der Waals surface area contributed by atoms with Gasteiger partial charge in [-0.05, 0) is 36.8 Å². The molecular formula is C19H18N2O4. The van der Waals surface area contributed by atoms with Crippen LogP contribution in [-0.2, 0) is 13.7 Å². The summed E-state index contributed by atoms with van der Waals surface area (Å²) in [6.07, 6.45) is 0. The standard InChI is InChI=1S/C19H18N2O4/c1-13-17(19(23)25-21(13)2)18(22)20-15-8-10-16(11-9-15)24-12-14-6-4-3-5-7-14/h3-11H,12H2,1-2H3,(H,20,22). The van der Waals surface area contributed by atoms with Crippen LogP contribution in [-0.4, -0.2) is 10.6 Å². The smallest absolute Gasteiger partial charge is 0.370 e. The molecule has 25 heavy (non-hydrogen) atoms. The quantitative estimate of drug-likeness (QED) is 0.776. The lowest BCUT2D eigenvalue weighted by Crippen LogP contribution is -2.19. The van der Waals surface area contributed by atoms with Crippen molar-refractivity contribution in [3.05, 3.63) is 81.8 Å². The molecule has 0 radical (unpaired) electrons. The van der Waals surface area contributed by atoms with E-state index in [0.717, 1.165) is 5.56 Å². The predicted octanol–water partition coefficient (Wildman–Crippen LogP) is 3.12. The minimum Gasteiger partial charge on any atom is -0.489 e. The Morgan fingerprint density at radius 3 is 2.40 bits per heavy atom. The van der Waals surface area contributed by atoms with E-state index in [9.17, 15) is 9.59 Å². The molecule has 0 aliphatic carbocycles. The summed E-state index contributed by atoms with van der Waals surface area (Å²) in [5, 5.41) is 2.69. The van der Waals surface area contributed by atoms with Gasteiger partial charge in [0.05, 0.1) is 5.69 Å². The van der Waals surface area contributed by atoms with E-state index in [1.165, 1.54) is 4.74 Å². The maximum atomic E-state index is 12.2. The van der Waals surface area contributed by atoms with Gasteiger partial charge in [0.1, 0.15) is 17.9 Å². The number of benzene rings is 2. The Labute approximate surface area is 144 Å². The van der Waals surface area contributed by atoms with Crippen molar-refractivity contribution < 1.29 is 14.1 Å². The average molecular weight is 338 g/mol. The van der Waals surface area contributed by atoms with Crippen molar-refractivity contribution in [2.75, 3.05) is 5.32 Å². The fourth-order valence-corrected chi connectivity index (χ4v) is 2.37. The highest BCUT2D eigenvalue weighted by atomic mass is 16.5. The van der Waals surface area contributed by atoms with E-state index in [-0.39, 0.29) is 5.56 Å². The van der Waals surface area contributed by atoms with Gasteiger partial charge in [0.25, 0.3) is 5.91 Å². The summed E-state index contributed by atoms with van der Waals surface area (Å²) in [6, 6.07) is 16.8. The average Bonchev–Trinajstić information content (AvgIpc) is 2.87. The van der Waals surface area contributed by atoms with Crippen molar-refractivity contribution in [2.24, 2.45) is 7.05 Å². The molecule has 128 valence electrons. The highest BCUT2D eigenvalue weighted by Gasteiger charge is 2.19. The van der Waals surface area contributed by atoms with Gasteiger partial charge in [-0.15, -0.1) is 0 Å². The number of rotatable bonds is 5. The van der Waals surface area contributed by atoms with Crippen LogP contribution in [0.3, 0.4) is 0 Å². The Balaban J connectivity index is 1.64. The topological polar surface area (TPSA) is 73.5 Å². The molecule has 0 bridgehead atoms. The molecule has 0 saturated carbocycles. The van der Waals surface area contributed by atoms with Crippen molar-refractivity contribution in [1.82, 2.24) is 4.74 Å². The van der Waals surface area contributed by atoms with E-state index >= 15 is 0 Å². The fraction of sp³-hybridized carbons (Fsp3) is 0.158. The Kier molecular flexibility index (Phi) is 4.70. The molecule has 6 heteroatoms. The normalized spacial score (nSPS) is 10.5. The van der Waals surface area contributed by atoms with Crippen molar-refractivity contribution in [3.63, 3.8) is 0 Å². The molecule has 3 rings (SSSR count). The minimum atomic E-state index is -0.652. The summed E-state index contributed by atoms with van der Waals surface area (Å²) < 4.78 is 11.9. The minimum absolute atomic E-state index is 0.00639. The molecule has 0 spiro atoms. The van der Waals surface area contributed by atoms with Gasteiger partial charge in [-0.25, -0.2) is 9.53 Å². The number of amides is 1. The number of carbonyl (C=O) groups excluding carboxylic acids is 1. The van der Waals surface area contributed by atoms with E-state index < -0.39 is 11.5 Å². The molecule has 0 unspecified atom stereocenters. The summed E-state index contributed by atoms with van der Waals surface area (Å²) >= 11 is 0. The monoisotopic (exact) mass is 338 g/mol. The zero-order valence-corrected chi connectivity index (χ0v) is 14.0. The Bertz CT molecular complexity index is 924. The van der Waals surface area contributed by atoms with Crippen LogP contribution >= 0.6 is 0 Å². The summed E-state index contributed by atoms with van der Waals surface area (Å²) in [4.78, 5) is 23.9. The number of carbonyl (C=O) groups is 1. The first-order valence-electron chi connectivity index (χ1n) is 7.79. The molecule has 0 saturated heterocycles. The summed E-state index contributed by atoms with van der Waals surface area (Å²) in [7, 11) is 1.58. The lowest BCUT2D eigenvalue weighted by atomic mass is 10.2. The molecule has 2 aromatic carbocycles. The van der Waals surface area contributed by atoms with Crippen LogP contribution in [0.4, 0.5) is 5.69 Å². The lowest BCUT2D eigenvalue weighted by Gasteiger charge is -2.08. The predicted molar refractivity (Wildman–Crippen MR) is 93.9 cm³/mol. The van der Waals surface area contributed by atoms with Gasteiger partial charge < -0.3 is 14.6 Å². The van der Waals surface area contributed by atoms with Gasteiger partial charge in [-0.1, -0.05) is 30.3 Å². The number of aromatic nitrogens is 1. The molecule has 3 aromatic rings. The van der Waals surface area contributed by atoms with Crippen LogP contribution < -0.4 is 15.7 Å². The van der Waals surface area contributed by atoms with E-state index in [2.05, 4.69) is 5.32 Å². The van der Waals surface area contributed by atoms with Gasteiger partial charge in [0.2, 0.25) is 0 Å². The molecule has 1 heterocycles. The third-order valence-electron chi connectivity index (χ3n) is 3.85. The number of nitrogens with one attached hydrogen (secondary N) is 1. The Morgan fingerprint density at radius 2 is 1.80 bits per heavy atom. The van der Waals surface area contributed by atoms with Gasteiger partial charge >= 0.3 is 5.63 Å². The molecule has 0 aliphatic rings. The van der Waals surface area contributed by atoms with E-state index in [4.69, 9.17) is 9.26 Å². The SMILES string of the molecule is Cc1c(C(=O)Nc2ccc(OCc3ccccc3)cc2)c(=O)on1C. The zero-order chi connectivity index (χ0) is 17.8. The number of hydrogen-bond acceptors (Lipinski definition) is 4. The van der Waals surface area contributed by atoms with Crippen LogP contribution in [0.2, 0.25) is 0 Å². The van der Waals surface area contributed by atoms with E-state index in [0.29, 0.717) is 23.7 Å². The fourth-order valence-electron chi connectivity index (χ4n) is 2.37. The van der Waals surface area contributed by atoms with E-state index in [1.54, 1.807) is 38.2 Å². The molecule has 1 aromatic heterocycles. The summed E-state index contributed by atoms with van der Waals surface area (Å²) in [6.45, 7) is 2.12. The molecule has 0 fully saturated rings. The van der Waals surface area contributed by atoms with Gasteiger partial charge in [0, 0.05) is 12.7 Å². The molecular weight excluding hydrogens is 320 g/mol. The number of nitrogens with zero attached hydrogens (tertiary/aromatic N) is 1. The van der Waals surface area contributed by atoms with Crippen molar-refractivity contribution >= 4 is 11.6 Å². The summed E-state index contributed by atoms with van der Waals surface area (Å²) in [5.41, 5.74) is 1.48. The van der Waals surface area contributed by atoms with Crippen LogP contribution in [0.15, 0.2) is 63.9 Å². The highest BCUT2D eigenvalue weighted by Crippen LogP contribution is 2.18. The van der Waals surface area contributed by atoms with Gasteiger partial charge in [-0.3, -0.25) is 4.79 Å². The summed E-state index contributed by atoms with van der Waals surface area (Å²) in [5.74, 6) is 0.196. The maximum Gasteiger partial charge on any atom is 0.370 e. The first-order chi connectivity index (χ1) is 12.0. The molecule has 1 N–H and O–H groups in total. The molecule has 0 atom stereocenters. The van der Waals surface area contributed by atoms with E-state index in [1.807, 2.05) is 30.3 Å². The largest absolute Gasteiger partial charge is 0.489 e. The van der Waals surface area contributed by atoms with Crippen molar-refractivity contribution in [1.29, 1.82) is 0 Å². The van der Waals surface area contributed by atoms with Gasteiger partial charge in [-0.2, -0.15) is 0 Å². The number of ether oxygens (including phenoxy) is 1. The second kappa shape index (κ2) is 7.09. The number of hydrogen-bond donors (Lipinski definition) is 1. The Hall–Kier alpha value is -3.28. The van der Waals surface area contributed by atoms with Crippen LogP contribution in [0.5, 0.6) is 5.75 Å². The highest BCUT2D eigenvalue weighted by molar-refractivity contribution is 6.04. The molecule has 6 nitrogen and oxygen atoms in total. The zero-order valence-electron chi connectivity index (χ0n) is 14.0. The molecule has 1 amide bonds. The molecule has 0 aliphatic heterocycles. The Morgan fingerprint density at radius 1 is 1.12 bits per heavy atom. The van der Waals surface area contributed by atoms with Crippen LogP contribution in [0.25, 0.3) is 0 Å². The number of aryl methyl sites for hydroxylation is 1.